The van der Waals surface area contributed by atoms with E-state index in [4.69, 9.17) is 14.2 Å². The van der Waals surface area contributed by atoms with E-state index in [0.717, 1.165) is 10.6 Å². The highest BCUT2D eigenvalue weighted by molar-refractivity contribution is 7.92. The molecule has 0 radical (unpaired) electrons. The first kappa shape index (κ1) is 21.4. The maximum Gasteiger partial charge on any atom is 0.248 e. The van der Waals surface area contributed by atoms with Gasteiger partial charge in [0.05, 0.1) is 39.0 Å². The predicted molar refractivity (Wildman–Crippen MR) is 108 cm³/mol. The molecule has 2 aromatic carbocycles. The third kappa shape index (κ3) is 4.86. The van der Waals surface area contributed by atoms with E-state index in [1.807, 2.05) is 0 Å². The monoisotopic (exact) mass is 408 g/mol. The minimum atomic E-state index is -3.72. The highest BCUT2D eigenvalue weighted by atomic mass is 32.2. The summed E-state index contributed by atoms with van der Waals surface area (Å²) in [5, 5.41) is 2.71. The first-order chi connectivity index (χ1) is 13.2. The van der Waals surface area contributed by atoms with Gasteiger partial charge < -0.3 is 19.5 Å². The van der Waals surface area contributed by atoms with Crippen molar-refractivity contribution in [3.63, 3.8) is 0 Å². The van der Waals surface area contributed by atoms with Crippen LogP contribution in [0.5, 0.6) is 17.2 Å². The topological polar surface area (TPSA) is 94.2 Å². The molecule has 0 heterocycles. The summed E-state index contributed by atoms with van der Waals surface area (Å²) in [6.45, 7) is 1.51. The number of sulfonamides is 1. The molecular formula is C19H24N2O6S. The molecule has 0 spiro atoms. The lowest BCUT2D eigenvalue weighted by molar-refractivity contribution is -0.116. The number of ether oxygens (including phenoxy) is 3. The Kier molecular flexibility index (Phi) is 6.74. The number of hydrogen-bond donors (Lipinski definition) is 1. The molecule has 0 aliphatic carbocycles. The standard InChI is InChI=1S/C19H24N2O6S/c1-13(19(22)20-17-11-10-16(26-3)12-18(17)27-4)21(28(5,23)24)14-6-8-15(25-2)9-7-14/h6-13H,1-5H3,(H,20,22)/t13-/m0/s1. The molecule has 0 saturated carbocycles. The molecule has 1 N–H and O–H groups in total. The average molecular weight is 408 g/mol. The minimum Gasteiger partial charge on any atom is -0.497 e. The van der Waals surface area contributed by atoms with E-state index in [9.17, 15) is 13.2 Å². The van der Waals surface area contributed by atoms with Crippen LogP contribution in [-0.4, -0.2) is 48.0 Å². The zero-order valence-electron chi connectivity index (χ0n) is 16.4. The Morgan fingerprint density at radius 2 is 1.54 bits per heavy atom. The van der Waals surface area contributed by atoms with Crippen LogP contribution in [0.3, 0.4) is 0 Å². The number of benzene rings is 2. The SMILES string of the molecule is COc1ccc(N([C@@H](C)C(=O)Nc2ccc(OC)cc2OC)S(C)(=O)=O)cc1. The fourth-order valence-electron chi connectivity index (χ4n) is 2.68. The maximum absolute atomic E-state index is 12.8. The molecule has 0 saturated heterocycles. The molecule has 2 rings (SSSR count). The summed E-state index contributed by atoms with van der Waals surface area (Å²) in [4.78, 5) is 12.8. The summed E-state index contributed by atoms with van der Waals surface area (Å²) in [6.07, 6.45) is 1.05. The van der Waals surface area contributed by atoms with Gasteiger partial charge in [-0.1, -0.05) is 0 Å². The normalized spacial score (nSPS) is 12.0. The van der Waals surface area contributed by atoms with Gasteiger partial charge in [0.15, 0.2) is 0 Å². The fourth-order valence-corrected chi connectivity index (χ4v) is 3.85. The number of rotatable bonds is 8. The van der Waals surface area contributed by atoms with Crippen LogP contribution >= 0.6 is 0 Å². The summed E-state index contributed by atoms with van der Waals surface area (Å²) >= 11 is 0. The van der Waals surface area contributed by atoms with Gasteiger partial charge in [-0.25, -0.2) is 8.42 Å². The van der Waals surface area contributed by atoms with Gasteiger partial charge >= 0.3 is 0 Å². The Hall–Kier alpha value is -2.94. The minimum absolute atomic E-state index is 0.354. The van der Waals surface area contributed by atoms with E-state index in [0.29, 0.717) is 28.6 Å². The number of hydrogen-bond acceptors (Lipinski definition) is 6. The van der Waals surface area contributed by atoms with Crippen LogP contribution in [0.2, 0.25) is 0 Å². The number of carbonyl (C=O) groups excluding carboxylic acids is 1. The molecule has 0 aliphatic rings. The van der Waals surface area contributed by atoms with E-state index >= 15 is 0 Å². The number of carbonyl (C=O) groups is 1. The van der Waals surface area contributed by atoms with Crippen molar-refractivity contribution in [2.45, 2.75) is 13.0 Å². The highest BCUT2D eigenvalue weighted by Crippen LogP contribution is 2.30. The summed E-state index contributed by atoms with van der Waals surface area (Å²) in [5.41, 5.74) is 0.760. The third-order valence-corrected chi connectivity index (χ3v) is 5.32. The Morgan fingerprint density at radius 1 is 0.964 bits per heavy atom. The maximum atomic E-state index is 12.8. The van der Waals surface area contributed by atoms with Crippen LogP contribution in [0.15, 0.2) is 42.5 Å². The van der Waals surface area contributed by atoms with E-state index in [1.165, 1.54) is 28.3 Å². The van der Waals surface area contributed by atoms with Gasteiger partial charge in [-0.15, -0.1) is 0 Å². The second-order valence-electron chi connectivity index (χ2n) is 5.99. The number of amides is 1. The first-order valence-electron chi connectivity index (χ1n) is 8.37. The van der Waals surface area contributed by atoms with Crippen molar-refractivity contribution in [1.29, 1.82) is 0 Å². The van der Waals surface area contributed by atoms with Gasteiger partial charge in [0.2, 0.25) is 15.9 Å². The molecule has 0 fully saturated rings. The van der Waals surface area contributed by atoms with Crippen molar-refractivity contribution in [3.05, 3.63) is 42.5 Å². The fraction of sp³-hybridized carbons (Fsp3) is 0.316. The van der Waals surface area contributed by atoms with Gasteiger partial charge in [0.25, 0.3) is 0 Å². The highest BCUT2D eigenvalue weighted by Gasteiger charge is 2.29. The van der Waals surface area contributed by atoms with Gasteiger partial charge in [-0.05, 0) is 43.3 Å². The van der Waals surface area contributed by atoms with E-state index in [-0.39, 0.29) is 0 Å². The Labute approximate surface area is 165 Å². The molecule has 0 bridgehead atoms. The van der Waals surface area contributed by atoms with Crippen molar-refractivity contribution >= 4 is 27.3 Å². The van der Waals surface area contributed by atoms with Gasteiger partial charge in [-0.3, -0.25) is 9.10 Å². The van der Waals surface area contributed by atoms with Gasteiger partial charge in [-0.2, -0.15) is 0 Å². The molecule has 8 nitrogen and oxygen atoms in total. The van der Waals surface area contributed by atoms with Crippen molar-refractivity contribution < 1.29 is 27.4 Å². The summed E-state index contributed by atoms with van der Waals surface area (Å²) < 4.78 is 41.3. The molecule has 0 unspecified atom stereocenters. The lowest BCUT2D eigenvalue weighted by Crippen LogP contribution is -2.45. The van der Waals surface area contributed by atoms with Crippen molar-refractivity contribution in [1.82, 2.24) is 0 Å². The zero-order valence-corrected chi connectivity index (χ0v) is 17.2. The Balaban J connectivity index is 2.31. The third-order valence-electron chi connectivity index (χ3n) is 4.08. The van der Waals surface area contributed by atoms with Crippen molar-refractivity contribution in [3.8, 4) is 17.2 Å². The molecule has 0 aliphatic heterocycles. The molecule has 1 amide bonds. The largest absolute Gasteiger partial charge is 0.497 e. The first-order valence-corrected chi connectivity index (χ1v) is 10.2. The molecule has 2 aromatic rings. The smallest absolute Gasteiger partial charge is 0.248 e. The molecular weight excluding hydrogens is 384 g/mol. The van der Waals surface area contributed by atoms with E-state index < -0.39 is 22.0 Å². The number of nitrogens with one attached hydrogen (secondary N) is 1. The Bertz CT molecular complexity index is 928. The number of nitrogens with zero attached hydrogens (tertiary/aromatic N) is 1. The second-order valence-corrected chi connectivity index (χ2v) is 7.85. The lowest BCUT2D eigenvalue weighted by atomic mass is 10.2. The van der Waals surface area contributed by atoms with Crippen LogP contribution in [-0.2, 0) is 14.8 Å². The molecule has 1 atom stereocenters. The van der Waals surface area contributed by atoms with Crippen LogP contribution in [0.1, 0.15) is 6.92 Å². The van der Waals surface area contributed by atoms with E-state index in [2.05, 4.69) is 5.32 Å². The molecule has 152 valence electrons. The summed E-state index contributed by atoms with van der Waals surface area (Å²) in [5.74, 6) is 1.04. The number of anilines is 2. The molecule has 28 heavy (non-hydrogen) atoms. The Morgan fingerprint density at radius 3 is 2.04 bits per heavy atom. The average Bonchev–Trinajstić information content (AvgIpc) is 2.67. The van der Waals surface area contributed by atoms with Gasteiger partial charge in [0, 0.05) is 6.07 Å². The van der Waals surface area contributed by atoms with Crippen LogP contribution in [0.4, 0.5) is 11.4 Å². The van der Waals surface area contributed by atoms with E-state index in [1.54, 1.807) is 42.5 Å². The molecule has 0 aromatic heterocycles. The quantitative estimate of drug-likeness (QED) is 0.721. The summed E-state index contributed by atoms with van der Waals surface area (Å²) in [6, 6.07) is 10.3. The van der Waals surface area contributed by atoms with Crippen LogP contribution in [0.25, 0.3) is 0 Å². The second kappa shape index (κ2) is 8.83. The molecule has 9 heteroatoms. The summed E-state index contributed by atoms with van der Waals surface area (Å²) in [7, 11) is 0.784. The van der Waals surface area contributed by atoms with Gasteiger partial charge in [0.1, 0.15) is 23.3 Å². The number of methoxy groups -OCH3 is 3. The van der Waals surface area contributed by atoms with Crippen molar-refractivity contribution in [2.75, 3.05) is 37.2 Å². The van der Waals surface area contributed by atoms with Crippen molar-refractivity contribution in [2.24, 2.45) is 0 Å². The zero-order chi connectivity index (χ0) is 20.9. The van der Waals surface area contributed by atoms with Crippen LogP contribution < -0.4 is 23.8 Å². The lowest BCUT2D eigenvalue weighted by Gasteiger charge is -2.28. The van der Waals surface area contributed by atoms with Crippen LogP contribution in [0, 0.1) is 0 Å². The predicted octanol–water partition coefficient (Wildman–Crippen LogP) is 2.51.